The molecule has 1 heterocycles. The maximum Gasteiger partial charge on any atom is 2.00 e. The van der Waals surface area contributed by atoms with Gasteiger partial charge in [-0.2, -0.15) is 12.8 Å². The average molecular weight is 770 g/mol. The van der Waals surface area contributed by atoms with Gasteiger partial charge < -0.3 is 19.4 Å². The minimum absolute atomic E-state index is 0. The van der Waals surface area contributed by atoms with Gasteiger partial charge in [-0.05, 0) is 77.6 Å². The van der Waals surface area contributed by atoms with E-state index in [0.29, 0.717) is 0 Å². The molecule has 0 spiro atoms. The van der Waals surface area contributed by atoms with Crippen LogP contribution < -0.4 is 0 Å². The Balaban J connectivity index is 0.00000117. The van der Waals surface area contributed by atoms with Crippen LogP contribution in [0.15, 0.2) is 47.5 Å². The Hall–Kier alpha value is -1.99. The molecule has 2 nitrogen and oxygen atoms in total. The molecule has 2 aromatic rings. The van der Waals surface area contributed by atoms with Crippen LogP contribution in [0.5, 0.6) is 0 Å². The van der Waals surface area contributed by atoms with Crippen LogP contribution in [0.3, 0.4) is 0 Å². The molecule has 0 aromatic heterocycles. The quantitative estimate of drug-likeness (QED) is 0.0440. The van der Waals surface area contributed by atoms with Gasteiger partial charge in [0.05, 0.1) is 0 Å². The number of rotatable bonds is 24. The van der Waals surface area contributed by atoms with Crippen molar-refractivity contribution in [2.45, 2.75) is 209 Å². The van der Waals surface area contributed by atoms with Gasteiger partial charge in [-0.3, -0.25) is 0 Å². The first kappa shape index (κ1) is 51.0. The summed E-state index contributed by atoms with van der Waals surface area (Å²) < 4.78 is 1.53. The Morgan fingerprint density at radius 2 is 0.698 bits per heavy atom. The molecule has 0 amide bonds. The van der Waals surface area contributed by atoms with Gasteiger partial charge in [0.2, 0.25) is 11.4 Å². The first-order valence-electron chi connectivity index (χ1n) is 21.9. The fraction of sp³-hybridized carbons (Fsp3) is 0.640. The molecule has 302 valence electrons. The number of hydrogen-bond donors (Lipinski definition) is 0. The molecule has 0 unspecified atom stereocenters. The van der Waals surface area contributed by atoms with Crippen molar-refractivity contribution in [2.24, 2.45) is 0 Å². The number of allylic oxidation sites excluding steroid dienone is 2. The van der Waals surface area contributed by atoms with E-state index in [9.17, 15) is 5.53 Å². The van der Waals surface area contributed by atoms with Crippen LogP contribution in [0.1, 0.15) is 215 Å². The maximum absolute atomic E-state index is 11.7. The van der Waals surface area contributed by atoms with Crippen LogP contribution in [-0.4, -0.2) is 4.70 Å². The van der Waals surface area contributed by atoms with Gasteiger partial charge >= 0.3 is 16.5 Å². The third-order valence-corrected chi connectivity index (χ3v) is 10.1. The van der Waals surface area contributed by atoms with Crippen LogP contribution in [-0.2, 0) is 16.5 Å². The molecular formula is C50H82N2Ni. The predicted molar refractivity (Wildman–Crippen MR) is 234 cm³/mol. The van der Waals surface area contributed by atoms with E-state index in [1.54, 1.807) is 0 Å². The van der Waals surface area contributed by atoms with Crippen LogP contribution >= 0.6 is 0 Å². The van der Waals surface area contributed by atoms with E-state index in [1.165, 1.54) is 154 Å². The van der Waals surface area contributed by atoms with Gasteiger partial charge in [-0.25, -0.2) is 4.70 Å². The first-order valence-corrected chi connectivity index (χ1v) is 21.9. The average Bonchev–Trinajstić information content (AvgIpc) is 3.38. The van der Waals surface area contributed by atoms with Crippen molar-refractivity contribution < 1.29 is 21.2 Å². The summed E-state index contributed by atoms with van der Waals surface area (Å²) in [6.45, 7) is 25.2. The van der Waals surface area contributed by atoms with Crippen LogP contribution in [0.2, 0.25) is 0 Å². The molecule has 0 aliphatic carbocycles. The first-order chi connectivity index (χ1) is 25.2. The second-order valence-corrected chi connectivity index (χ2v) is 15.6. The second-order valence-electron chi connectivity index (χ2n) is 15.6. The summed E-state index contributed by atoms with van der Waals surface area (Å²) in [4.78, 5) is 0. The Kier molecular flexibility index (Phi) is 31.1. The molecule has 3 heteroatoms. The topological polar surface area (TPSA) is 25.3 Å². The van der Waals surface area contributed by atoms with Gasteiger partial charge in [0, 0.05) is 22.3 Å². The summed E-state index contributed by atoms with van der Waals surface area (Å²) in [6, 6.07) is 13.3. The summed E-state index contributed by atoms with van der Waals surface area (Å²) in [5.74, 6) is 0. The summed E-state index contributed by atoms with van der Waals surface area (Å²) in [7, 11) is 0. The summed E-state index contributed by atoms with van der Waals surface area (Å²) in [6.07, 6.45) is 30.9. The summed E-state index contributed by atoms with van der Waals surface area (Å²) >= 11 is 0. The number of aryl methyl sites for hydroxylation is 4. The molecule has 2 aromatic carbocycles. The van der Waals surface area contributed by atoms with Crippen LogP contribution in [0, 0.1) is 41.5 Å². The Labute approximate surface area is 340 Å². The SMILES string of the molecule is CCCCCCCCC1=C(c2cc(C)cc(C)c2)[N+](=[N-])C(c2cc(C)cc(C)c2)=C1CCCC.[CH2-]CCCCCCCC.[CH2-]CCCCCCCC.[Ni+2]. The van der Waals surface area contributed by atoms with E-state index in [1.807, 2.05) is 0 Å². The van der Waals surface area contributed by atoms with Crippen molar-refractivity contribution in [1.29, 1.82) is 0 Å². The molecule has 0 saturated heterocycles. The van der Waals surface area contributed by atoms with Gasteiger partial charge in [0.15, 0.2) is 0 Å². The number of benzene rings is 2. The second kappa shape index (κ2) is 32.3. The van der Waals surface area contributed by atoms with Gasteiger partial charge in [-0.15, -0.1) is 0 Å². The minimum atomic E-state index is 0. The molecular weight excluding hydrogens is 687 g/mol. The third-order valence-electron chi connectivity index (χ3n) is 10.1. The smallest absolute Gasteiger partial charge is 0.493 e. The van der Waals surface area contributed by atoms with Gasteiger partial charge in [0.1, 0.15) is 0 Å². The van der Waals surface area contributed by atoms with Crippen molar-refractivity contribution >= 4 is 11.4 Å². The molecule has 0 radical (unpaired) electrons. The van der Waals surface area contributed by atoms with Crippen molar-refractivity contribution in [3.8, 4) is 0 Å². The summed E-state index contributed by atoms with van der Waals surface area (Å²) in [5, 5.41) is 0. The van der Waals surface area contributed by atoms with Crippen molar-refractivity contribution in [3.05, 3.63) is 100 Å². The molecule has 0 saturated carbocycles. The molecule has 3 rings (SSSR count). The molecule has 1 aliphatic heterocycles. The Bertz CT molecular complexity index is 1250. The Morgan fingerprint density at radius 1 is 0.415 bits per heavy atom. The van der Waals surface area contributed by atoms with E-state index < -0.39 is 0 Å². The normalized spacial score (nSPS) is 12.4. The number of hydrogen-bond acceptors (Lipinski definition) is 0. The molecule has 0 fully saturated rings. The zero-order chi connectivity index (χ0) is 38.6. The molecule has 0 atom stereocenters. The maximum atomic E-state index is 11.7. The minimum Gasteiger partial charge on any atom is -0.493 e. The van der Waals surface area contributed by atoms with Crippen molar-refractivity contribution in [1.82, 2.24) is 0 Å². The van der Waals surface area contributed by atoms with E-state index >= 15 is 0 Å². The zero-order valence-electron chi connectivity index (χ0n) is 36.1. The van der Waals surface area contributed by atoms with E-state index in [4.69, 9.17) is 0 Å². The van der Waals surface area contributed by atoms with Gasteiger partial charge in [-0.1, -0.05) is 178 Å². The molecule has 1 aliphatic rings. The van der Waals surface area contributed by atoms with E-state index in [-0.39, 0.29) is 16.5 Å². The van der Waals surface area contributed by atoms with E-state index in [0.717, 1.165) is 61.0 Å². The third kappa shape index (κ3) is 21.0. The van der Waals surface area contributed by atoms with Crippen molar-refractivity contribution in [2.75, 3.05) is 0 Å². The van der Waals surface area contributed by atoms with Crippen LogP contribution in [0.25, 0.3) is 16.9 Å². The largest absolute Gasteiger partial charge is 2.00 e. The van der Waals surface area contributed by atoms with Gasteiger partial charge in [0.25, 0.3) is 0 Å². The Morgan fingerprint density at radius 3 is 1.02 bits per heavy atom. The zero-order valence-corrected chi connectivity index (χ0v) is 37.0. The van der Waals surface area contributed by atoms with Crippen LogP contribution in [0.4, 0.5) is 0 Å². The van der Waals surface area contributed by atoms with Crippen molar-refractivity contribution in [3.63, 3.8) is 0 Å². The molecule has 0 bridgehead atoms. The summed E-state index contributed by atoms with van der Waals surface area (Å²) in [5.41, 5.74) is 23.7. The fourth-order valence-corrected chi connectivity index (χ4v) is 7.36. The van der Waals surface area contributed by atoms with E-state index in [2.05, 4.69) is 106 Å². The number of unbranched alkanes of at least 4 members (excludes halogenated alkanes) is 18. The number of nitrogens with zero attached hydrogens (tertiary/aromatic N) is 2. The monoisotopic (exact) mass is 769 g/mol. The standard InChI is InChI=1S/C32H44N2.2C9H19.Ni/c1-7-9-11-12-13-14-16-30-29(15-10-8-2)31(27-19-23(3)17-24(4)20-27)34(33)32(30)28-21-25(5)18-26(6)22-28;2*1-3-5-7-9-8-6-4-2;/h17-22H,7-16H2,1-6H3;2*1,3-9H2,2H3;/q;2*-1;+2. The molecule has 0 N–H and O–H groups in total. The predicted octanol–water partition coefficient (Wildman–Crippen LogP) is 17.2. The fourth-order valence-electron chi connectivity index (χ4n) is 7.36. The molecule has 53 heavy (non-hydrogen) atoms.